The zero-order valence-electron chi connectivity index (χ0n) is 24.2. The number of nitriles is 1. The van der Waals surface area contributed by atoms with Crippen LogP contribution in [0.25, 0.3) is 5.32 Å². The summed E-state index contributed by atoms with van der Waals surface area (Å²) in [5, 5.41) is 12.7. The molecule has 0 unspecified atom stereocenters. The molecule has 2 aromatic carbocycles. The molecule has 0 radical (unpaired) electrons. The number of hydrogen-bond donors (Lipinski definition) is 0. The van der Waals surface area contributed by atoms with Crippen LogP contribution < -0.4 is 0 Å². The quantitative estimate of drug-likeness (QED) is 0.247. The van der Waals surface area contributed by atoms with E-state index in [1.165, 1.54) is 22.3 Å². The molecular weight excluding hydrogens is 485 g/mol. The van der Waals surface area contributed by atoms with E-state index in [9.17, 15) is 0 Å². The van der Waals surface area contributed by atoms with Crippen LogP contribution in [0.5, 0.6) is 0 Å². The van der Waals surface area contributed by atoms with Gasteiger partial charge in [0, 0.05) is 28.6 Å². The van der Waals surface area contributed by atoms with Gasteiger partial charge >= 0.3 is 0 Å². The van der Waals surface area contributed by atoms with E-state index in [0.717, 1.165) is 22.8 Å². The molecule has 4 heteroatoms. The Bertz CT molecular complexity index is 1000. The molecule has 0 saturated heterocycles. The Kier molecular flexibility index (Phi) is 15.3. The molecule has 0 atom stereocenters. The van der Waals surface area contributed by atoms with Crippen LogP contribution in [-0.4, -0.2) is 5.71 Å². The van der Waals surface area contributed by atoms with Gasteiger partial charge in [-0.05, 0) is 41.7 Å². The minimum absolute atomic E-state index is 0. The smallest absolute Gasteiger partial charge is 0.0701 e. The second-order valence-corrected chi connectivity index (χ2v) is 10.4. The van der Waals surface area contributed by atoms with E-state index >= 15 is 0 Å². The Balaban J connectivity index is 0.00000227. The van der Waals surface area contributed by atoms with Crippen molar-refractivity contribution >= 4 is 17.1 Å². The summed E-state index contributed by atoms with van der Waals surface area (Å²) in [6.07, 6.45) is 2.74. The molecule has 0 saturated carbocycles. The van der Waals surface area contributed by atoms with Gasteiger partial charge in [-0.3, -0.25) is 4.99 Å². The molecule has 200 valence electrons. The molecule has 3 nitrogen and oxygen atoms in total. The van der Waals surface area contributed by atoms with Crippen molar-refractivity contribution < 1.29 is 16.5 Å². The average molecular weight is 531 g/mol. The van der Waals surface area contributed by atoms with Crippen molar-refractivity contribution in [3.05, 3.63) is 75.7 Å². The summed E-state index contributed by atoms with van der Waals surface area (Å²) in [6, 6.07) is 15.1. The van der Waals surface area contributed by atoms with Gasteiger partial charge in [0.1, 0.15) is 0 Å². The summed E-state index contributed by atoms with van der Waals surface area (Å²) >= 11 is 0. The van der Waals surface area contributed by atoms with Crippen LogP contribution in [0, 0.1) is 11.3 Å². The Labute approximate surface area is 231 Å². The second kappa shape index (κ2) is 16.4. The van der Waals surface area contributed by atoms with E-state index in [0.29, 0.717) is 30.1 Å². The van der Waals surface area contributed by atoms with Gasteiger partial charge in [-0.1, -0.05) is 123 Å². The number of rotatable bonds is 8. The number of benzene rings is 2. The Hall–Kier alpha value is -2.37. The van der Waals surface area contributed by atoms with Crippen LogP contribution >= 0.6 is 0 Å². The molecule has 2 aromatic rings. The van der Waals surface area contributed by atoms with E-state index in [1.807, 2.05) is 13.0 Å². The fraction of sp³-hybridized carbons (Fsp3) is 0.500. The number of nitrogens with zero attached hydrogens (tertiary/aromatic N) is 3. The topological polar surface area (TPSA) is 50.2 Å². The van der Waals surface area contributed by atoms with Crippen molar-refractivity contribution in [2.45, 2.75) is 106 Å². The SMILES string of the molecule is CC(/C=C(/C)[N-]c1c(C(C)C)cccc1C(C)C)=Nc1c(C(C)C)cccc1C(C)C.CCC#N.[Ni]. The number of para-hydroxylation sites is 2. The molecule has 0 bridgehead atoms. The number of aliphatic imine (C=N–C) groups is 1. The Morgan fingerprint density at radius 2 is 1.17 bits per heavy atom. The predicted molar refractivity (Wildman–Crippen MR) is 155 cm³/mol. The van der Waals surface area contributed by atoms with Crippen LogP contribution in [0.4, 0.5) is 11.4 Å². The Morgan fingerprint density at radius 1 is 0.806 bits per heavy atom. The van der Waals surface area contributed by atoms with Gasteiger partial charge in [0.2, 0.25) is 0 Å². The summed E-state index contributed by atoms with van der Waals surface area (Å²) in [6.45, 7) is 23.9. The molecule has 36 heavy (non-hydrogen) atoms. The second-order valence-electron chi connectivity index (χ2n) is 10.4. The standard InChI is InChI=1S/C29H41N2.C3H5N.Ni/c1-18(2)24-13-11-14-25(19(3)4)28(24)30-22(9)17-23(10)31-29-26(20(5)6)15-12-16-27(29)21(7)8;1-2-3-4;/h11-21H,1-10H3;2H2,1H3;/q-1;;/b22-17-,31-23?;;. The van der Waals surface area contributed by atoms with Crippen molar-refractivity contribution in [1.82, 2.24) is 0 Å². The first kappa shape index (κ1) is 33.6. The maximum Gasteiger partial charge on any atom is 0.0701 e. The molecule has 0 N–H and O–H groups in total. The van der Waals surface area contributed by atoms with Crippen LogP contribution in [-0.2, 0) is 16.5 Å². The number of hydrogen-bond acceptors (Lipinski definition) is 2. The molecule has 0 aromatic heterocycles. The van der Waals surface area contributed by atoms with Gasteiger partial charge in [-0.15, -0.1) is 5.69 Å². The van der Waals surface area contributed by atoms with Crippen LogP contribution in [0.3, 0.4) is 0 Å². The van der Waals surface area contributed by atoms with Crippen LogP contribution in [0.1, 0.15) is 129 Å². The third kappa shape index (κ3) is 9.95. The van der Waals surface area contributed by atoms with E-state index in [2.05, 4.69) is 112 Å². The Morgan fingerprint density at radius 3 is 1.50 bits per heavy atom. The average Bonchev–Trinajstić information content (AvgIpc) is 2.78. The van der Waals surface area contributed by atoms with E-state index in [-0.39, 0.29) is 16.5 Å². The van der Waals surface area contributed by atoms with Gasteiger partial charge in [0.25, 0.3) is 0 Å². The van der Waals surface area contributed by atoms with Gasteiger partial charge in [0.15, 0.2) is 0 Å². The monoisotopic (exact) mass is 530 g/mol. The first-order valence-corrected chi connectivity index (χ1v) is 13.0. The molecule has 0 aliphatic rings. The van der Waals surface area contributed by atoms with Gasteiger partial charge in [0.05, 0.1) is 11.8 Å². The van der Waals surface area contributed by atoms with Crippen LogP contribution in [0.15, 0.2) is 53.2 Å². The molecule has 0 aliphatic carbocycles. The van der Waals surface area contributed by atoms with Crippen molar-refractivity contribution in [3.63, 3.8) is 0 Å². The zero-order chi connectivity index (χ0) is 26.7. The third-order valence-corrected chi connectivity index (χ3v) is 5.84. The fourth-order valence-electron chi connectivity index (χ4n) is 4.00. The van der Waals surface area contributed by atoms with Crippen molar-refractivity contribution in [2.24, 2.45) is 4.99 Å². The summed E-state index contributed by atoms with van der Waals surface area (Å²) in [5.41, 5.74) is 9.45. The minimum Gasteiger partial charge on any atom is -0.661 e. The first-order valence-electron chi connectivity index (χ1n) is 13.0. The summed E-state index contributed by atoms with van der Waals surface area (Å²) < 4.78 is 0. The molecule has 0 fully saturated rings. The van der Waals surface area contributed by atoms with Crippen molar-refractivity contribution in [1.29, 1.82) is 5.26 Å². The zero-order valence-corrected chi connectivity index (χ0v) is 25.2. The normalized spacial score (nSPS) is 11.8. The predicted octanol–water partition coefficient (Wildman–Crippen LogP) is 10.8. The summed E-state index contributed by atoms with van der Waals surface area (Å²) in [7, 11) is 0. The molecule has 0 amide bonds. The van der Waals surface area contributed by atoms with Crippen LogP contribution in [0.2, 0.25) is 0 Å². The molecule has 0 aliphatic heterocycles. The van der Waals surface area contributed by atoms with E-state index in [4.69, 9.17) is 15.6 Å². The van der Waals surface area contributed by atoms with Crippen molar-refractivity contribution in [2.75, 3.05) is 0 Å². The van der Waals surface area contributed by atoms with E-state index in [1.54, 1.807) is 0 Å². The molecule has 2 rings (SSSR count). The van der Waals surface area contributed by atoms with Crippen molar-refractivity contribution in [3.8, 4) is 6.07 Å². The summed E-state index contributed by atoms with van der Waals surface area (Å²) in [5.74, 6) is 1.75. The molecular formula is C32H46N3Ni-. The maximum absolute atomic E-state index is 7.62. The van der Waals surface area contributed by atoms with E-state index < -0.39 is 0 Å². The maximum atomic E-state index is 7.62. The molecule has 0 heterocycles. The third-order valence-electron chi connectivity index (χ3n) is 5.84. The van der Waals surface area contributed by atoms with Gasteiger partial charge in [-0.25, -0.2) is 0 Å². The first-order chi connectivity index (χ1) is 16.4. The number of allylic oxidation sites excluding steroid dienone is 2. The van der Waals surface area contributed by atoms with Gasteiger partial charge in [-0.2, -0.15) is 11.0 Å². The minimum atomic E-state index is 0. The largest absolute Gasteiger partial charge is 0.661 e. The fourth-order valence-corrected chi connectivity index (χ4v) is 4.00. The summed E-state index contributed by atoms with van der Waals surface area (Å²) in [4.78, 5) is 5.08. The van der Waals surface area contributed by atoms with Gasteiger partial charge < -0.3 is 5.32 Å². The molecule has 0 spiro atoms.